The van der Waals surface area contributed by atoms with Gasteiger partial charge >= 0.3 is 0 Å². The molecule has 1 N–H and O–H groups in total. The first-order chi connectivity index (χ1) is 14.9. The number of aliphatic imine (C=N–C) groups is 1. The minimum atomic E-state index is 0.223. The van der Waals surface area contributed by atoms with Crippen LogP contribution in [0.4, 0.5) is 0 Å². The number of hydrogen-bond donors (Lipinski definition) is 1. The molecule has 3 fully saturated rings. The standard InChI is InChI=1S/C24H43N5O2/c1-20(2)18-22(31)28-16-14-27(15-17-28)21(30)8-5-4-6-12-26-23(25-3)29-13-11-24(19-29)9-7-10-24/h20H,4-19H2,1-3H3,(H,25,26). The summed E-state index contributed by atoms with van der Waals surface area (Å²) in [4.78, 5) is 35.4. The van der Waals surface area contributed by atoms with Gasteiger partial charge in [-0.3, -0.25) is 14.6 Å². The van der Waals surface area contributed by atoms with E-state index in [-0.39, 0.29) is 11.8 Å². The molecule has 176 valence electrons. The quantitative estimate of drug-likeness (QED) is 0.363. The molecule has 0 atom stereocenters. The van der Waals surface area contributed by atoms with Crippen molar-refractivity contribution in [1.82, 2.24) is 20.0 Å². The number of nitrogens with zero attached hydrogens (tertiary/aromatic N) is 4. The van der Waals surface area contributed by atoms with Crippen molar-refractivity contribution in [3.63, 3.8) is 0 Å². The van der Waals surface area contributed by atoms with Crippen LogP contribution in [0.1, 0.15) is 71.6 Å². The number of unbranched alkanes of at least 4 members (excludes halogenated alkanes) is 2. The monoisotopic (exact) mass is 433 g/mol. The third-order valence-electron chi connectivity index (χ3n) is 7.28. The molecule has 0 radical (unpaired) electrons. The summed E-state index contributed by atoms with van der Waals surface area (Å²) in [6, 6.07) is 0. The van der Waals surface area contributed by atoms with Crippen LogP contribution in [-0.4, -0.2) is 85.3 Å². The molecule has 0 unspecified atom stereocenters. The molecular formula is C24H43N5O2. The summed E-state index contributed by atoms with van der Waals surface area (Å²) in [6.07, 6.45) is 9.73. The Hall–Kier alpha value is -1.79. The first-order valence-electron chi connectivity index (χ1n) is 12.4. The number of amides is 2. The van der Waals surface area contributed by atoms with E-state index < -0.39 is 0 Å². The smallest absolute Gasteiger partial charge is 0.222 e. The third kappa shape index (κ3) is 6.59. The van der Waals surface area contributed by atoms with Gasteiger partial charge in [0, 0.05) is 65.7 Å². The van der Waals surface area contributed by atoms with Crippen LogP contribution in [0.15, 0.2) is 4.99 Å². The fourth-order valence-corrected chi connectivity index (χ4v) is 5.15. The van der Waals surface area contributed by atoms with Crippen LogP contribution in [0.5, 0.6) is 0 Å². The highest BCUT2D eigenvalue weighted by atomic mass is 16.2. The summed E-state index contributed by atoms with van der Waals surface area (Å²) in [5.74, 6) is 1.89. The van der Waals surface area contributed by atoms with Crippen molar-refractivity contribution in [1.29, 1.82) is 0 Å². The molecule has 7 heteroatoms. The Bertz CT molecular complexity index is 636. The van der Waals surface area contributed by atoms with Gasteiger partial charge in [-0.2, -0.15) is 0 Å². The van der Waals surface area contributed by atoms with Gasteiger partial charge in [-0.05, 0) is 43.4 Å². The van der Waals surface area contributed by atoms with Gasteiger partial charge in [0.2, 0.25) is 11.8 Å². The minimum Gasteiger partial charge on any atom is -0.356 e. The number of likely N-dealkylation sites (tertiary alicyclic amines) is 1. The van der Waals surface area contributed by atoms with Crippen LogP contribution in [0, 0.1) is 11.3 Å². The molecular weight excluding hydrogens is 390 g/mol. The van der Waals surface area contributed by atoms with Crippen LogP contribution in [0.2, 0.25) is 0 Å². The average molecular weight is 434 g/mol. The second-order valence-corrected chi connectivity index (χ2v) is 10.2. The zero-order valence-electron chi connectivity index (χ0n) is 20.0. The molecule has 3 rings (SSSR count). The number of carbonyl (C=O) groups excluding carboxylic acids is 2. The number of rotatable bonds is 8. The lowest BCUT2D eigenvalue weighted by Gasteiger charge is -2.38. The summed E-state index contributed by atoms with van der Waals surface area (Å²) in [5, 5.41) is 3.52. The molecule has 0 aromatic carbocycles. The molecule has 2 amide bonds. The molecule has 7 nitrogen and oxygen atoms in total. The topological polar surface area (TPSA) is 68.2 Å². The molecule has 1 aliphatic carbocycles. The van der Waals surface area contributed by atoms with E-state index in [4.69, 9.17) is 0 Å². The highest BCUT2D eigenvalue weighted by Gasteiger charge is 2.43. The van der Waals surface area contributed by atoms with E-state index in [2.05, 4.69) is 29.1 Å². The van der Waals surface area contributed by atoms with E-state index in [0.717, 1.165) is 44.9 Å². The van der Waals surface area contributed by atoms with Crippen LogP contribution in [0.25, 0.3) is 0 Å². The third-order valence-corrected chi connectivity index (χ3v) is 7.28. The number of nitrogens with one attached hydrogen (secondary N) is 1. The van der Waals surface area contributed by atoms with Crippen molar-refractivity contribution < 1.29 is 9.59 Å². The van der Waals surface area contributed by atoms with Gasteiger partial charge in [0.1, 0.15) is 0 Å². The van der Waals surface area contributed by atoms with E-state index in [9.17, 15) is 9.59 Å². The number of piperazine rings is 1. The maximum Gasteiger partial charge on any atom is 0.222 e. The van der Waals surface area contributed by atoms with Gasteiger partial charge in [0.15, 0.2) is 5.96 Å². The fourth-order valence-electron chi connectivity index (χ4n) is 5.15. The Morgan fingerprint density at radius 1 is 0.903 bits per heavy atom. The van der Waals surface area contributed by atoms with E-state index in [0.29, 0.717) is 50.4 Å². The van der Waals surface area contributed by atoms with E-state index >= 15 is 0 Å². The highest BCUT2D eigenvalue weighted by molar-refractivity contribution is 5.80. The molecule has 2 aliphatic heterocycles. The first-order valence-corrected chi connectivity index (χ1v) is 12.4. The van der Waals surface area contributed by atoms with Crippen molar-refractivity contribution in [2.24, 2.45) is 16.3 Å². The molecule has 0 bridgehead atoms. The largest absolute Gasteiger partial charge is 0.356 e. The van der Waals surface area contributed by atoms with Crippen LogP contribution in [-0.2, 0) is 9.59 Å². The van der Waals surface area contributed by atoms with Gasteiger partial charge in [0.05, 0.1) is 0 Å². The number of hydrogen-bond acceptors (Lipinski definition) is 3. The predicted molar refractivity (Wildman–Crippen MR) is 125 cm³/mol. The second-order valence-electron chi connectivity index (χ2n) is 10.2. The minimum absolute atomic E-state index is 0.223. The molecule has 2 saturated heterocycles. The predicted octanol–water partition coefficient (Wildman–Crippen LogP) is 2.72. The van der Waals surface area contributed by atoms with Crippen LogP contribution < -0.4 is 5.32 Å². The Morgan fingerprint density at radius 3 is 2.13 bits per heavy atom. The summed E-state index contributed by atoms with van der Waals surface area (Å²) in [5.41, 5.74) is 0.588. The fraction of sp³-hybridized carbons (Fsp3) is 0.875. The van der Waals surface area contributed by atoms with Crippen LogP contribution >= 0.6 is 0 Å². The molecule has 0 aromatic rings. The van der Waals surface area contributed by atoms with Crippen molar-refractivity contribution in [3.05, 3.63) is 0 Å². The lowest BCUT2D eigenvalue weighted by molar-refractivity contribution is -0.140. The molecule has 1 saturated carbocycles. The van der Waals surface area contributed by atoms with Gasteiger partial charge in [0.25, 0.3) is 0 Å². The van der Waals surface area contributed by atoms with Gasteiger partial charge in [-0.1, -0.05) is 26.7 Å². The Labute approximate surface area is 188 Å². The van der Waals surface area contributed by atoms with Gasteiger partial charge < -0.3 is 20.0 Å². The summed E-state index contributed by atoms with van der Waals surface area (Å²) in [6.45, 7) is 10.1. The summed E-state index contributed by atoms with van der Waals surface area (Å²) in [7, 11) is 1.88. The van der Waals surface area contributed by atoms with Crippen molar-refractivity contribution in [2.45, 2.75) is 71.6 Å². The SMILES string of the molecule is CN=C(NCCCCCC(=O)N1CCN(C(=O)CC(C)C)CC1)N1CCC2(CCC2)C1. The van der Waals surface area contributed by atoms with Crippen molar-refractivity contribution in [3.8, 4) is 0 Å². The molecule has 3 aliphatic rings. The Morgan fingerprint density at radius 2 is 1.58 bits per heavy atom. The van der Waals surface area contributed by atoms with Crippen molar-refractivity contribution in [2.75, 3.05) is 52.9 Å². The van der Waals surface area contributed by atoms with Gasteiger partial charge in [-0.25, -0.2) is 0 Å². The highest BCUT2D eigenvalue weighted by Crippen LogP contribution is 2.47. The van der Waals surface area contributed by atoms with Crippen molar-refractivity contribution >= 4 is 17.8 Å². The summed E-state index contributed by atoms with van der Waals surface area (Å²) >= 11 is 0. The lowest BCUT2D eigenvalue weighted by atomic mass is 9.68. The Balaban J connectivity index is 1.24. The van der Waals surface area contributed by atoms with E-state index in [1.54, 1.807) is 0 Å². The second kappa shape index (κ2) is 11.2. The van der Waals surface area contributed by atoms with E-state index in [1.165, 1.54) is 25.7 Å². The first kappa shape index (κ1) is 23.9. The summed E-state index contributed by atoms with van der Waals surface area (Å²) < 4.78 is 0. The average Bonchev–Trinajstić information content (AvgIpc) is 3.19. The molecule has 2 heterocycles. The molecule has 31 heavy (non-hydrogen) atoms. The Kier molecular flexibility index (Phi) is 8.61. The number of carbonyl (C=O) groups is 2. The maximum absolute atomic E-state index is 12.5. The van der Waals surface area contributed by atoms with Gasteiger partial charge in [-0.15, -0.1) is 0 Å². The zero-order chi connectivity index (χ0) is 22.3. The number of guanidine groups is 1. The molecule has 1 spiro atoms. The molecule has 0 aromatic heterocycles. The van der Waals surface area contributed by atoms with Crippen LogP contribution in [0.3, 0.4) is 0 Å². The van der Waals surface area contributed by atoms with E-state index in [1.807, 2.05) is 16.8 Å². The zero-order valence-corrected chi connectivity index (χ0v) is 20.0. The normalized spacial score (nSPS) is 21.0. The lowest BCUT2D eigenvalue weighted by Crippen LogP contribution is -2.50. The maximum atomic E-state index is 12.5.